The monoisotopic (exact) mass is 290 g/mol. The van der Waals surface area contributed by atoms with E-state index < -0.39 is 0 Å². The van der Waals surface area contributed by atoms with E-state index in [1.165, 1.54) is 0 Å². The van der Waals surface area contributed by atoms with Crippen molar-refractivity contribution in [3.63, 3.8) is 0 Å². The second-order valence-corrected chi connectivity index (χ2v) is 5.05. The molecule has 4 rings (SSSR count). The third kappa shape index (κ3) is 2.24. The summed E-state index contributed by atoms with van der Waals surface area (Å²) in [6.07, 6.45) is 0. The van der Waals surface area contributed by atoms with Gasteiger partial charge >= 0.3 is 0 Å². The fourth-order valence-corrected chi connectivity index (χ4v) is 2.41. The molecule has 0 aliphatic carbocycles. The topological polar surface area (TPSA) is 66.9 Å². The van der Waals surface area contributed by atoms with Gasteiger partial charge in [-0.15, -0.1) is 0 Å². The number of benzene rings is 1. The SMILES string of the molecule is CC1=Nc2nc(=NCc3ccccc3)nc3cccc(n23)N1. The van der Waals surface area contributed by atoms with E-state index in [0.29, 0.717) is 18.1 Å². The zero-order valence-corrected chi connectivity index (χ0v) is 12.1. The number of amidine groups is 1. The molecule has 22 heavy (non-hydrogen) atoms. The minimum absolute atomic E-state index is 0.453. The van der Waals surface area contributed by atoms with Gasteiger partial charge in [-0.2, -0.15) is 15.0 Å². The number of anilines is 1. The Labute approximate surface area is 126 Å². The molecule has 0 unspecified atom stereocenters. The molecular formula is C16H14N6. The molecule has 0 bridgehead atoms. The van der Waals surface area contributed by atoms with Crippen LogP contribution in [-0.2, 0) is 6.54 Å². The second kappa shape index (κ2) is 5.07. The average molecular weight is 290 g/mol. The number of nitrogens with one attached hydrogen (secondary N) is 1. The van der Waals surface area contributed by atoms with E-state index in [2.05, 4.69) is 25.3 Å². The van der Waals surface area contributed by atoms with Crippen LogP contribution in [-0.4, -0.2) is 20.2 Å². The Morgan fingerprint density at radius 3 is 2.77 bits per heavy atom. The summed E-state index contributed by atoms with van der Waals surface area (Å²) in [4.78, 5) is 17.9. The van der Waals surface area contributed by atoms with Gasteiger partial charge in [-0.3, -0.25) is 0 Å². The quantitative estimate of drug-likeness (QED) is 0.787. The van der Waals surface area contributed by atoms with Crippen LogP contribution in [0.3, 0.4) is 0 Å². The van der Waals surface area contributed by atoms with E-state index in [1.54, 1.807) is 0 Å². The van der Waals surface area contributed by atoms with Gasteiger partial charge in [0.25, 0.3) is 0 Å². The summed E-state index contributed by atoms with van der Waals surface area (Å²) in [6.45, 7) is 2.46. The number of pyridine rings is 1. The zero-order valence-electron chi connectivity index (χ0n) is 12.1. The smallest absolute Gasteiger partial charge is 0.250 e. The van der Waals surface area contributed by atoms with Gasteiger partial charge in [-0.1, -0.05) is 36.4 Å². The van der Waals surface area contributed by atoms with E-state index in [9.17, 15) is 0 Å². The predicted molar refractivity (Wildman–Crippen MR) is 85.1 cm³/mol. The zero-order chi connectivity index (χ0) is 14.9. The van der Waals surface area contributed by atoms with Crippen LogP contribution in [0.25, 0.3) is 5.65 Å². The minimum atomic E-state index is 0.453. The average Bonchev–Trinajstić information content (AvgIpc) is 2.53. The van der Waals surface area contributed by atoms with Crippen molar-refractivity contribution in [2.24, 2.45) is 9.98 Å². The molecule has 0 atom stereocenters. The second-order valence-electron chi connectivity index (χ2n) is 5.05. The van der Waals surface area contributed by atoms with Crippen LogP contribution in [0.4, 0.5) is 11.8 Å². The Morgan fingerprint density at radius 1 is 1.05 bits per heavy atom. The Bertz CT molecular complexity index is 940. The summed E-state index contributed by atoms with van der Waals surface area (Å²) in [5, 5.41) is 3.20. The van der Waals surface area contributed by atoms with E-state index in [0.717, 1.165) is 22.9 Å². The molecule has 1 aliphatic rings. The van der Waals surface area contributed by atoms with E-state index in [-0.39, 0.29) is 0 Å². The summed E-state index contributed by atoms with van der Waals surface area (Å²) in [6, 6.07) is 15.9. The summed E-state index contributed by atoms with van der Waals surface area (Å²) in [5.41, 5.74) is 2.36. The lowest BCUT2D eigenvalue weighted by Crippen LogP contribution is -2.22. The summed E-state index contributed by atoms with van der Waals surface area (Å²) in [5.74, 6) is 2.32. The highest BCUT2D eigenvalue weighted by atomic mass is 15.3. The van der Waals surface area contributed by atoms with Crippen molar-refractivity contribution in [3.05, 3.63) is 59.7 Å². The first kappa shape index (κ1) is 12.7. The maximum Gasteiger partial charge on any atom is 0.250 e. The predicted octanol–water partition coefficient (Wildman–Crippen LogP) is 2.31. The lowest BCUT2D eigenvalue weighted by atomic mass is 10.2. The van der Waals surface area contributed by atoms with E-state index in [4.69, 9.17) is 0 Å². The Balaban J connectivity index is 1.84. The number of rotatable bonds is 2. The van der Waals surface area contributed by atoms with Gasteiger partial charge in [0.1, 0.15) is 17.3 Å². The molecule has 2 aromatic heterocycles. The van der Waals surface area contributed by atoms with Gasteiger partial charge in [-0.05, 0) is 24.6 Å². The maximum atomic E-state index is 4.49. The fraction of sp³-hybridized carbons (Fsp3) is 0.125. The summed E-state index contributed by atoms with van der Waals surface area (Å²) < 4.78 is 1.88. The molecule has 1 N–H and O–H groups in total. The molecule has 6 nitrogen and oxygen atoms in total. The van der Waals surface area contributed by atoms with Crippen LogP contribution in [0, 0.1) is 0 Å². The number of hydrogen-bond acceptors (Lipinski definition) is 5. The van der Waals surface area contributed by atoms with Crippen LogP contribution in [0.15, 0.2) is 58.5 Å². The molecule has 6 heteroatoms. The van der Waals surface area contributed by atoms with Gasteiger partial charge in [0.15, 0.2) is 0 Å². The van der Waals surface area contributed by atoms with E-state index >= 15 is 0 Å². The van der Waals surface area contributed by atoms with Gasteiger partial charge in [0, 0.05) is 0 Å². The molecule has 0 radical (unpaired) electrons. The van der Waals surface area contributed by atoms with Crippen molar-refractivity contribution < 1.29 is 0 Å². The van der Waals surface area contributed by atoms with Crippen LogP contribution in [0.2, 0.25) is 0 Å². The van der Waals surface area contributed by atoms with Crippen LogP contribution in [0.1, 0.15) is 12.5 Å². The molecular weight excluding hydrogens is 276 g/mol. The number of aliphatic imine (C=N–C) groups is 1. The Hall–Kier alpha value is -3.02. The van der Waals surface area contributed by atoms with Gasteiger partial charge < -0.3 is 5.32 Å². The highest BCUT2D eigenvalue weighted by Crippen LogP contribution is 2.20. The molecule has 1 aromatic carbocycles. The van der Waals surface area contributed by atoms with Crippen molar-refractivity contribution in [1.82, 2.24) is 14.4 Å². The standard InChI is InChI=1S/C16H14N6/c1-11-18-13-8-5-9-14-20-15(21-16(19-11)22(13)14)17-10-12-6-3-2-4-7-12/h2-9H,10H2,1H3,(H,17,18,19,20,21). The molecule has 0 fully saturated rings. The molecule has 3 heterocycles. The van der Waals surface area contributed by atoms with Gasteiger partial charge in [0.2, 0.25) is 11.6 Å². The molecule has 0 amide bonds. The first-order chi connectivity index (χ1) is 10.8. The van der Waals surface area contributed by atoms with Crippen LogP contribution in [0.5, 0.6) is 0 Å². The molecule has 1 aliphatic heterocycles. The van der Waals surface area contributed by atoms with Crippen LogP contribution >= 0.6 is 0 Å². The first-order valence-corrected chi connectivity index (χ1v) is 7.06. The highest BCUT2D eigenvalue weighted by molar-refractivity contribution is 5.96. The van der Waals surface area contributed by atoms with Crippen molar-refractivity contribution in [3.8, 4) is 0 Å². The largest absolute Gasteiger partial charge is 0.330 e. The van der Waals surface area contributed by atoms with Gasteiger partial charge in [-0.25, -0.2) is 9.39 Å². The first-order valence-electron chi connectivity index (χ1n) is 7.06. The third-order valence-electron chi connectivity index (χ3n) is 3.41. The molecule has 108 valence electrons. The molecule has 0 saturated heterocycles. The lowest BCUT2D eigenvalue weighted by molar-refractivity contribution is 0.868. The molecule has 3 aromatic rings. The van der Waals surface area contributed by atoms with Crippen molar-refractivity contribution in [2.45, 2.75) is 13.5 Å². The molecule has 0 spiro atoms. The van der Waals surface area contributed by atoms with Crippen molar-refractivity contribution >= 4 is 23.2 Å². The minimum Gasteiger partial charge on any atom is -0.330 e. The summed E-state index contributed by atoms with van der Waals surface area (Å²) >= 11 is 0. The van der Waals surface area contributed by atoms with Crippen molar-refractivity contribution in [2.75, 3.05) is 5.32 Å². The van der Waals surface area contributed by atoms with Crippen LogP contribution < -0.4 is 10.9 Å². The third-order valence-corrected chi connectivity index (χ3v) is 3.41. The lowest BCUT2D eigenvalue weighted by Gasteiger charge is -2.16. The normalized spacial score (nSPS) is 13.9. The Kier molecular flexibility index (Phi) is 2.93. The van der Waals surface area contributed by atoms with E-state index in [1.807, 2.05) is 59.9 Å². The highest BCUT2D eigenvalue weighted by Gasteiger charge is 2.12. The summed E-state index contributed by atoms with van der Waals surface area (Å²) in [7, 11) is 0. The van der Waals surface area contributed by atoms with Gasteiger partial charge in [0.05, 0.1) is 6.54 Å². The molecule has 0 saturated carbocycles. The number of nitrogens with zero attached hydrogens (tertiary/aromatic N) is 5. The Morgan fingerprint density at radius 2 is 1.91 bits per heavy atom. The van der Waals surface area contributed by atoms with Crippen molar-refractivity contribution in [1.29, 1.82) is 0 Å². The number of hydrogen-bond donors (Lipinski definition) is 1. The maximum absolute atomic E-state index is 4.49. The number of aromatic nitrogens is 3. The fourth-order valence-electron chi connectivity index (χ4n) is 2.41.